The van der Waals surface area contributed by atoms with Crippen LogP contribution in [0.15, 0.2) is 0 Å². The zero-order valence-corrected chi connectivity index (χ0v) is 28.7. The summed E-state index contributed by atoms with van der Waals surface area (Å²) in [6.45, 7) is 8.17. The van der Waals surface area contributed by atoms with Gasteiger partial charge in [-0.1, -0.05) is 0 Å². The minimum atomic E-state index is -1.96. The van der Waals surface area contributed by atoms with Crippen LogP contribution in [0.3, 0.4) is 0 Å². The van der Waals surface area contributed by atoms with Gasteiger partial charge in [-0.25, -0.2) is 0 Å². The first-order valence-corrected chi connectivity index (χ1v) is 15.0. The summed E-state index contributed by atoms with van der Waals surface area (Å²) in [6.07, 6.45) is -19.6. The predicted molar refractivity (Wildman–Crippen MR) is 155 cm³/mol. The highest BCUT2D eigenvalue weighted by molar-refractivity contribution is 5.71. The Morgan fingerprint density at radius 2 is 0.620 bits per heavy atom. The molecule has 2 aliphatic rings. The van der Waals surface area contributed by atoms with Crippen molar-refractivity contribution in [3.8, 4) is 0 Å². The van der Waals surface area contributed by atoms with Crippen LogP contribution < -0.4 is 0 Å². The van der Waals surface area contributed by atoms with Gasteiger partial charge in [0.25, 0.3) is 0 Å². The zero-order chi connectivity index (χ0) is 38.0. The van der Waals surface area contributed by atoms with Crippen molar-refractivity contribution in [3.63, 3.8) is 0 Å². The average Bonchev–Trinajstić information content (AvgIpc) is 2.94. The molecule has 0 radical (unpaired) electrons. The molecule has 280 valence electrons. The summed E-state index contributed by atoms with van der Waals surface area (Å²) >= 11 is 0. The molecular formula is C30H40O20. The van der Waals surface area contributed by atoms with Gasteiger partial charge in [0.15, 0.2) is 55.1 Å². The molecule has 0 aromatic carbocycles. The standard InChI is InChI=1S/C30H40O20/c1-11(31)40-10-20-21(41-12(2)32)22(42-13(3)33)29(48-19(9)39)30(49-20)50-28-26(46-17(7)37)24(44-15(5)35)23(43-14(4)34)25(45-16(6)36)27(28)47-18(8)38/h20-30H,10H2,1-9H3/t20-,21+,22+,23?,24-,25+,26-,27-,28?,29-,30-/m1/s1. The Morgan fingerprint density at radius 3 is 0.920 bits per heavy atom. The summed E-state index contributed by atoms with van der Waals surface area (Å²) < 4.78 is 60.5. The van der Waals surface area contributed by atoms with E-state index in [0.717, 1.165) is 62.3 Å². The summed E-state index contributed by atoms with van der Waals surface area (Å²) in [5.41, 5.74) is 0. The molecule has 1 aliphatic heterocycles. The van der Waals surface area contributed by atoms with E-state index in [1.54, 1.807) is 0 Å². The first kappa shape index (κ1) is 41.3. The molecule has 0 aromatic rings. The van der Waals surface area contributed by atoms with E-state index in [4.69, 9.17) is 52.1 Å². The molecule has 1 saturated heterocycles. The van der Waals surface area contributed by atoms with E-state index in [2.05, 4.69) is 0 Å². The Hall–Kier alpha value is -4.85. The Kier molecular flexibility index (Phi) is 15.1. The van der Waals surface area contributed by atoms with E-state index in [9.17, 15) is 43.2 Å². The number of hydrogen-bond acceptors (Lipinski definition) is 20. The van der Waals surface area contributed by atoms with Crippen LogP contribution in [-0.4, -0.2) is 128 Å². The minimum absolute atomic E-state index is 0.649. The summed E-state index contributed by atoms with van der Waals surface area (Å²) in [6, 6.07) is 0. The number of carbonyl (C=O) groups excluding carboxylic acids is 9. The van der Waals surface area contributed by atoms with Crippen LogP contribution >= 0.6 is 0 Å². The summed E-state index contributed by atoms with van der Waals surface area (Å²) in [4.78, 5) is 110. The highest BCUT2D eigenvalue weighted by Gasteiger charge is 2.62. The molecular weight excluding hydrogens is 680 g/mol. The van der Waals surface area contributed by atoms with Gasteiger partial charge in [-0.2, -0.15) is 0 Å². The monoisotopic (exact) mass is 720 g/mol. The molecule has 0 aromatic heterocycles. The van der Waals surface area contributed by atoms with Gasteiger partial charge in [0, 0.05) is 62.3 Å². The highest BCUT2D eigenvalue weighted by Crippen LogP contribution is 2.38. The van der Waals surface area contributed by atoms with Crippen molar-refractivity contribution in [1.29, 1.82) is 0 Å². The molecule has 20 nitrogen and oxygen atoms in total. The lowest BCUT2D eigenvalue weighted by Crippen LogP contribution is -2.70. The molecule has 1 aliphatic carbocycles. The van der Waals surface area contributed by atoms with Crippen LogP contribution in [0.4, 0.5) is 0 Å². The molecule has 0 bridgehead atoms. The van der Waals surface area contributed by atoms with Crippen LogP contribution in [0.5, 0.6) is 0 Å². The van der Waals surface area contributed by atoms with Crippen molar-refractivity contribution in [2.24, 2.45) is 0 Å². The quantitative estimate of drug-likeness (QED) is 0.175. The smallest absolute Gasteiger partial charge is 0.303 e. The third kappa shape index (κ3) is 11.9. The number of rotatable bonds is 12. The van der Waals surface area contributed by atoms with Crippen molar-refractivity contribution < 1.29 is 95.3 Å². The van der Waals surface area contributed by atoms with Gasteiger partial charge >= 0.3 is 53.7 Å². The van der Waals surface area contributed by atoms with E-state index >= 15 is 0 Å². The summed E-state index contributed by atoms with van der Waals surface area (Å²) in [5, 5.41) is 0. The van der Waals surface area contributed by atoms with Gasteiger partial charge < -0.3 is 52.1 Å². The van der Waals surface area contributed by atoms with E-state index in [-0.39, 0.29) is 0 Å². The zero-order valence-electron chi connectivity index (χ0n) is 28.7. The van der Waals surface area contributed by atoms with E-state index < -0.39 is 128 Å². The lowest BCUT2D eigenvalue weighted by molar-refractivity contribution is -0.343. The number of ether oxygens (including phenoxy) is 11. The molecule has 1 heterocycles. The van der Waals surface area contributed by atoms with Crippen LogP contribution in [0.1, 0.15) is 62.3 Å². The first-order chi connectivity index (χ1) is 23.2. The van der Waals surface area contributed by atoms with Crippen LogP contribution in [0, 0.1) is 0 Å². The van der Waals surface area contributed by atoms with Crippen molar-refractivity contribution in [2.75, 3.05) is 6.61 Å². The maximum atomic E-state index is 12.5. The van der Waals surface area contributed by atoms with Crippen molar-refractivity contribution in [3.05, 3.63) is 0 Å². The predicted octanol–water partition coefficient (Wildman–Crippen LogP) is -0.873. The fourth-order valence-electron chi connectivity index (χ4n) is 5.36. The van der Waals surface area contributed by atoms with Gasteiger partial charge in [0.2, 0.25) is 0 Å². The van der Waals surface area contributed by atoms with Crippen LogP contribution in [0.2, 0.25) is 0 Å². The van der Waals surface area contributed by atoms with Crippen molar-refractivity contribution >= 4 is 53.7 Å². The molecule has 1 saturated carbocycles. The van der Waals surface area contributed by atoms with Crippen LogP contribution in [-0.2, 0) is 95.3 Å². The van der Waals surface area contributed by atoms with Gasteiger partial charge in [-0.15, -0.1) is 0 Å². The summed E-state index contributed by atoms with van der Waals surface area (Å²) in [5.74, 6) is -8.68. The van der Waals surface area contributed by atoms with Crippen LogP contribution in [0.25, 0.3) is 0 Å². The van der Waals surface area contributed by atoms with Crippen molar-refractivity contribution in [2.45, 2.75) is 130 Å². The van der Waals surface area contributed by atoms with E-state index in [0.29, 0.717) is 0 Å². The maximum Gasteiger partial charge on any atom is 0.303 e. The third-order valence-electron chi connectivity index (χ3n) is 6.69. The molecule has 50 heavy (non-hydrogen) atoms. The van der Waals surface area contributed by atoms with E-state index in [1.807, 2.05) is 0 Å². The lowest BCUT2D eigenvalue weighted by Gasteiger charge is -2.50. The highest BCUT2D eigenvalue weighted by atomic mass is 16.8. The molecule has 2 rings (SSSR count). The lowest BCUT2D eigenvalue weighted by atomic mass is 9.83. The van der Waals surface area contributed by atoms with Gasteiger partial charge in [0.1, 0.15) is 18.8 Å². The summed E-state index contributed by atoms with van der Waals surface area (Å²) in [7, 11) is 0. The molecule has 11 atom stereocenters. The SMILES string of the molecule is CC(=O)OC[C@H]1O[C@H](OC2[C@H](OC(C)=O)[C@H](OC(C)=O)C(OC(C)=O)[C@H](OC(C)=O)[C@H]2OC(C)=O)[C@H](OC(C)=O)[C@@H](OC(C)=O)[C@H]1OC(C)=O. The fourth-order valence-corrected chi connectivity index (χ4v) is 5.36. The normalized spacial score (nSPS) is 30.3. The molecule has 0 N–H and O–H groups in total. The van der Waals surface area contributed by atoms with Crippen molar-refractivity contribution in [1.82, 2.24) is 0 Å². The Morgan fingerprint density at radius 1 is 0.360 bits per heavy atom. The molecule has 20 heteroatoms. The van der Waals surface area contributed by atoms with E-state index in [1.165, 1.54) is 0 Å². The fraction of sp³-hybridized carbons (Fsp3) is 0.700. The Bertz CT molecular complexity index is 1280. The maximum absolute atomic E-state index is 12.5. The Balaban J connectivity index is 2.89. The minimum Gasteiger partial charge on any atom is -0.463 e. The van der Waals surface area contributed by atoms with Gasteiger partial charge in [0.05, 0.1) is 0 Å². The molecule has 0 spiro atoms. The molecule has 2 fully saturated rings. The van der Waals surface area contributed by atoms with Gasteiger partial charge in [-0.05, 0) is 0 Å². The molecule has 2 unspecified atom stereocenters. The number of hydrogen-bond donors (Lipinski definition) is 0. The number of carbonyl (C=O) groups is 9. The average molecular weight is 721 g/mol. The largest absolute Gasteiger partial charge is 0.463 e. The van der Waals surface area contributed by atoms with Gasteiger partial charge in [-0.3, -0.25) is 43.2 Å². The molecule has 0 amide bonds. The second-order valence-electron chi connectivity index (χ2n) is 11.0. The third-order valence-corrected chi connectivity index (χ3v) is 6.69. The Labute approximate surface area is 285 Å². The first-order valence-electron chi connectivity index (χ1n) is 15.0. The topological polar surface area (TPSA) is 255 Å². The second kappa shape index (κ2) is 18.2. The number of esters is 9. The second-order valence-corrected chi connectivity index (χ2v) is 11.0.